The zero-order valence-electron chi connectivity index (χ0n) is 16.8. The summed E-state index contributed by atoms with van der Waals surface area (Å²) in [6.07, 6.45) is -3.81. The molecule has 2 heterocycles. The number of rotatable bonds is 4. The third-order valence-electron chi connectivity index (χ3n) is 5.27. The molecule has 1 aromatic heterocycles. The minimum absolute atomic E-state index is 0.0816. The van der Waals surface area contributed by atoms with E-state index in [0.717, 1.165) is 52.9 Å². The van der Waals surface area contributed by atoms with Crippen molar-refractivity contribution in [3.63, 3.8) is 0 Å². The van der Waals surface area contributed by atoms with Gasteiger partial charge >= 0.3 is 12.1 Å². The minimum Gasteiger partial charge on any atom is -0.478 e. The van der Waals surface area contributed by atoms with Crippen LogP contribution in [0.15, 0.2) is 47.5 Å². The van der Waals surface area contributed by atoms with Gasteiger partial charge < -0.3 is 10.8 Å². The molecule has 6 nitrogen and oxygen atoms in total. The summed E-state index contributed by atoms with van der Waals surface area (Å²) in [5.41, 5.74) is 3.20. The number of thioether (sulfide) groups is 1. The number of aromatic nitrogens is 1. The van der Waals surface area contributed by atoms with Crippen molar-refractivity contribution in [3.05, 3.63) is 75.8 Å². The van der Waals surface area contributed by atoms with Gasteiger partial charge in [-0.15, -0.1) is 11.8 Å². The monoisotopic (exact) mass is 512 g/mol. The maximum absolute atomic E-state index is 14.8. The van der Waals surface area contributed by atoms with Gasteiger partial charge in [-0.05, 0) is 24.3 Å². The lowest BCUT2D eigenvalue weighted by atomic mass is 10.0. The molecule has 1 amide bonds. The molecule has 1 aliphatic rings. The predicted molar refractivity (Wildman–Crippen MR) is 116 cm³/mol. The maximum atomic E-state index is 14.8. The van der Waals surface area contributed by atoms with Gasteiger partial charge in [-0.2, -0.15) is 13.2 Å². The molecule has 1 unspecified atom stereocenters. The van der Waals surface area contributed by atoms with E-state index in [9.17, 15) is 31.9 Å². The minimum atomic E-state index is -4.88. The number of primary amides is 1. The first-order valence-electron chi connectivity index (χ1n) is 9.54. The SMILES string of the molecule is NC(=O)C1Cc2c(c(-c3ccc(C(=O)O)cc3F)cn2C(=O)c2c(Cl)cccc2C(F)(F)F)S1. The van der Waals surface area contributed by atoms with Crippen LogP contribution in [0.2, 0.25) is 5.02 Å². The normalized spacial score (nSPS) is 15.3. The number of amides is 1. The largest absolute Gasteiger partial charge is 0.478 e. The van der Waals surface area contributed by atoms with Gasteiger partial charge in [0.2, 0.25) is 5.91 Å². The van der Waals surface area contributed by atoms with Crippen LogP contribution in [-0.2, 0) is 17.4 Å². The number of alkyl halides is 3. The van der Waals surface area contributed by atoms with Crippen molar-refractivity contribution in [2.45, 2.75) is 22.7 Å². The highest BCUT2D eigenvalue weighted by Gasteiger charge is 2.39. The Morgan fingerprint density at radius 2 is 1.85 bits per heavy atom. The van der Waals surface area contributed by atoms with Gasteiger partial charge in [-0.25, -0.2) is 9.18 Å². The Morgan fingerprint density at radius 1 is 1.15 bits per heavy atom. The van der Waals surface area contributed by atoms with Gasteiger partial charge in [0.25, 0.3) is 5.91 Å². The molecule has 3 N–H and O–H groups in total. The average molecular weight is 513 g/mol. The van der Waals surface area contributed by atoms with E-state index in [4.69, 9.17) is 22.4 Å². The molecule has 34 heavy (non-hydrogen) atoms. The summed E-state index contributed by atoms with van der Waals surface area (Å²) in [5, 5.41) is 7.80. The fourth-order valence-corrected chi connectivity index (χ4v) is 5.21. The molecule has 0 radical (unpaired) electrons. The number of carboxylic acid groups (broad SMARTS) is 1. The quantitative estimate of drug-likeness (QED) is 0.486. The number of nitrogens with two attached hydrogens (primary N) is 1. The van der Waals surface area contributed by atoms with Gasteiger partial charge in [-0.1, -0.05) is 23.7 Å². The third kappa shape index (κ3) is 4.05. The summed E-state index contributed by atoms with van der Waals surface area (Å²) in [5.74, 6) is -4.12. The molecule has 0 saturated carbocycles. The van der Waals surface area contributed by atoms with Crippen LogP contribution in [-0.4, -0.2) is 32.7 Å². The van der Waals surface area contributed by atoms with Crippen LogP contribution in [0.5, 0.6) is 0 Å². The first-order chi connectivity index (χ1) is 15.9. The van der Waals surface area contributed by atoms with Crippen LogP contribution in [0.1, 0.15) is 32.0 Å². The second-order valence-corrected chi connectivity index (χ2v) is 8.99. The number of carboxylic acids is 1. The van der Waals surface area contributed by atoms with Crippen molar-refractivity contribution < 1.29 is 37.1 Å². The van der Waals surface area contributed by atoms with Crippen LogP contribution >= 0.6 is 23.4 Å². The van der Waals surface area contributed by atoms with Crippen molar-refractivity contribution in [2.75, 3.05) is 0 Å². The van der Waals surface area contributed by atoms with E-state index in [1.54, 1.807) is 0 Å². The number of benzene rings is 2. The standard InChI is InChI=1S/C22H13ClF4N2O4S/c23-13-3-1-2-12(22(25,26)27)17(13)20(31)29-8-11(18-15(29)7-16(34-18)19(28)30)10-5-4-9(21(32)33)6-14(10)24/h1-6,8,16H,7H2,(H2,28,30)(H,32,33). The van der Waals surface area contributed by atoms with Crippen LogP contribution in [0.3, 0.4) is 0 Å². The van der Waals surface area contributed by atoms with Gasteiger partial charge in [0.15, 0.2) is 0 Å². The van der Waals surface area contributed by atoms with Crippen molar-refractivity contribution in [1.82, 2.24) is 4.57 Å². The summed E-state index contributed by atoms with van der Waals surface area (Å²) in [7, 11) is 0. The molecule has 0 fully saturated rings. The highest BCUT2D eigenvalue weighted by molar-refractivity contribution is 8.01. The third-order valence-corrected chi connectivity index (χ3v) is 6.96. The van der Waals surface area contributed by atoms with Crippen LogP contribution in [0.4, 0.5) is 17.6 Å². The van der Waals surface area contributed by atoms with E-state index in [1.807, 2.05) is 0 Å². The predicted octanol–water partition coefficient (Wildman–Crippen LogP) is 4.86. The van der Waals surface area contributed by atoms with Crippen molar-refractivity contribution in [3.8, 4) is 11.1 Å². The first-order valence-corrected chi connectivity index (χ1v) is 10.8. The van der Waals surface area contributed by atoms with Gasteiger partial charge in [0.05, 0.1) is 27.0 Å². The Morgan fingerprint density at radius 3 is 2.44 bits per heavy atom. The molecule has 2 aromatic carbocycles. The zero-order valence-corrected chi connectivity index (χ0v) is 18.4. The Kier molecular flexibility index (Phi) is 5.94. The number of fused-ring (bicyclic) bond motifs is 1. The molecule has 3 aromatic rings. The van der Waals surface area contributed by atoms with E-state index >= 15 is 0 Å². The van der Waals surface area contributed by atoms with Gasteiger partial charge in [-0.3, -0.25) is 14.2 Å². The van der Waals surface area contributed by atoms with E-state index < -0.39 is 51.2 Å². The Bertz CT molecular complexity index is 1370. The number of hydrogen-bond donors (Lipinski definition) is 2. The summed E-state index contributed by atoms with van der Waals surface area (Å²) < 4.78 is 56.5. The molecule has 0 bridgehead atoms. The number of carbonyl (C=O) groups excluding carboxylic acids is 2. The lowest BCUT2D eigenvalue weighted by Gasteiger charge is -2.15. The van der Waals surface area contributed by atoms with E-state index in [-0.39, 0.29) is 33.7 Å². The fourth-order valence-electron chi connectivity index (χ4n) is 3.71. The van der Waals surface area contributed by atoms with Crippen molar-refractivity contribution >= 4 is 41.1 Å². The Labute approximate surface area is 198 Å². The molecule has 0 saturated heterocycles. The van der Waals surface area contributed by atoms with E-state index in [0.29, 0.717) is 0 Å². The molecule has 4 rings (SSSR count). The van der Waals surface area contributed by atoms with E-state index in [1.165, 1.54) is 6.07 Å². The number of aromatic carboxylic acids is 1. The lowest BCUT2D eigenvalue weighted by Crippen LogP contribution is -2.26. The van der Waals surface area contributed by atoms with Gasteiger partial charge in [0.1, 0.15) is 5.82 Å². The zero-order chi connectivity index (χ0) is 24.9. The first kappa shape index (κ1) is 23.8. The van der Waals surface area contributed by atoms with Crippen LogP contribution in [0, 0.1) is 5.82 Å². The molecule has 12 heteroatoms. The Hall–Kier alpha value is -3.31. The molecular formula is C22H13ClF4N2O4S. The topological polar surface area (TPSA) is 102 Å². The second kappa shape index (κ2) is 8.48. The molecule has 1 aliphatic heterocycles. The number of halogens is 5. The molecule has 1 atom stereocenters. The summed E-state index contributed by atoms with van der Waals surface area (Å²) >= 11 is 6.92. The lowest BCUT2D eigenvalue weighted by molar-refractivity contribution is -0.138. The van der Waals surface area contributed by atoms with E-state index in [2.05, 4.69) is 0 Å². The highest BCUT2D eigenvalue weighted by Crippen LogP contribution is 2.46. The number of carbonyl (C=O) groups is 3. The van der Waals surface area contributed by atoms with Crippen molar-refractivity contribution in [1.29, 1.82) is 0 Å². The fraction of sp³-hybridized carbons (Fsp3) is 0.136. The highest BCUT2D eigenvalue weighted by atomic mass is 35.5. The number of hydrogen-bond acceptors (Lipinski definition) is 4. The summed E-state index contributed by atoms with van der Waals surface area (Å²) in [6.45, 7) is 0. The molecular weight excluding hydrogens is 500 g/mol. The Balaban J connectivity index is 1.92. The average Bonchev–Trinajstić information content (AvgIpc) is 3.32. The van der Waals surface area contributed by atoms with Gasteiger partial charge in [0, 0.05) is 34.3 Å². The molecule has 0 aliphatic carbocycles. The van der Waals surface area contributed by atoms with Crippen LogP contribution in [0.25, 0.3) is 11.1 Å². The second-order valence-electron chi connectivity index (χ2n) is 7.37. The molecule has 0 spiro atoms. The van der Waals surface area contributed by atoms with Crippen molar-refractivity contribution in [2.24, 2.45) is 5.73 Å². The number of nitrogens with zero attached hydrogens (tertiary/aromatic N) is 1. The molecule has 176 valence electrons. The summed E-state index contributed by atoms with van der Waals surface area (Å²) in [6, 6.07) is 6.02. The maximum Gasteiger partial charge on any atom is 0.417 e. The van der Waals surface area contributed by atoms with Crippen LogP contribution < -0.4 is 5.73 Å². The smallest absolute Gasteiger partial charge is 0.417 e. The summed E-state index contributed by atoms with van der Waals surface area (Å²) in [4.78, 5) is 36.5.